The number of carbonyl (C=O) groups excluding carboxylic acids is 2. The number of nitro benzene ring substituents is 1. The minimum absolute atomic E-state index is 0.0713. The minimum Gasteiger partial charge on any atom is -0.391 e. The molecular weight excluding hydrogens is 562 g/mol. The number of nitro groups is 1. The second-order valence-electron chi connectivity index (χ2n) is 11.4. The summed E-state index contributed by atoms with van der Waals surface area (Å²) in [7, 11) is 0. The quantitative estimate of drug-likeness (QED) is 0.0789. The van der Waals surface area contributed by atoms with Gasteiger partial charge in [0.05, 0.1) is 34.9 Å². The summed E-state index contributed by atoms with van der Waals surface area (Å²) in [5.74, 6) is -1.65. The Kier molecular flexibility index (Phi) is 10.1. The van der Waals surface area contributed by atoms with Gasteiger partial charge in [0.25, 0.3) is 11.6 Å². The van der Waals surface area contributed by atoms with Crippen molar-refractivity contribution in [1.29, 1.82) is 0 Å². The van der Waals surface area contributed by atoms with Crippen LogP contribution in [0.1, 0.15) is 64.7 Å². The second-order valence-corrected chi connectivity index (χ2v) is 11.4. The molecule has 2 unspecified atom stereocenters. The number of nitrogens with one attached hydrogen (secondary N) is 1. The molecule has 12 heteroatoms. The van der Waals surface area contributed by atoms with E-state index in [0.717, 1.165) is 29.8 Å². The molecule has 0 spiro atoms. The number of amides is 2. The molecule has 12 nitrogen and oxygen atoms in total. The predicted molar refractivity (Wildman–Crippen MR) is 166 cm³/mol. The molecule has 0 bridgehead atoms. The molecule has 0 saturated carbocycles. The van der Waals surface area contributed by atoms with E-state index in [1.807, 2.05) is 30.3 Å². The highest BCUT2D eigenvalue weighted by molar-refractivity contribution is 6.23. The van der Waals surface area contributed by atoms with Crippen LogP contribution in [0.25, 0.3) is 5.69 Å². The smallest absolute Gasteiger partial charge is 0.269 e. The van der Waals surface area contributed by atoms with Gasteiger partial charge in [0.2, 0.25) is 5.91 Å². The fourth-order valence-electron chi connectivity index (χ4n) is 5.88. The van der Waals surface area contributed by atoms with E-state index >= 15 is 0 Å². The zero-order chi connectivity index (χ0) is 31.1. The lowest BCUT2D eigenvalue weighted by Crippen LogP contribution is -2.57. The largest absolute Gasteiger partial charge is 0.391 e. The number of aromatic nitrogens is 3. The Balaban J connectivity index is 1.34. The zero-order valence-corrected chi connectivity index (χ0v) is 24.9. The molecule has 2 aromatic carbocycles. The van der Waals surface area contributed by atoms with Crippen LogP contribution >= 0.6 is 0 Å². The van der Waals surface area contributed by atoms with Crippen molar-refractivity contribution in [3.63, 3.8) is 0 Å². The second kappa shape index (κ2) is 14.4. The van der Waals surface area contributed by atoms with Gasteiger partial charge in [-0.25, -0.2) is 14.6 Å². The fraction of sp³-hybridized carbons (Fsp3) is 0.438. The number of nitrogens with zero attached hydrogens (tertiary/aromatic N) is 6. The molecule has 5 rings (SSSR count). The summed E-state index contributed by atoms with van der Waals surface area (Å²) in [6.45, 7) is 2.20. The molecule has 2 N–H and O–H groups in total. The molecular formula is C32H39N7O5. The standard InChI is InChI=1S/C32H39N7O5/c1-2-3-4-5-6-7-8-12-15-28(40)27-21-20-26-30(38(27)34-23-16-18-25(19-17-23)39(43)44)32(42)37(31(26)41)29-22-36(35-33-29)24-13-10-9-11-14-24/h9-11,13-14,16-22,26-28,30,34,40H,2-8,12,15H2,1H3/t26?,27?,28-,30-/m0/s1. The molecule has 1 fully saturated rings. The van der Waals surface area contributed by atoms with Gasteiger partial charge in [0.1, 0.15) is 6.04 Å². The van der Waals surface area contributed by atoms with Crippen LogP contribution in [-0.2, 0) is 9.59 Å². The summed E-state index contributed by atoms with van der Waals surface area (Å²) in [6.07, 6.45) is 13.8. The fourth-order valence-corrected chi connectivity index (χ4v) is 5.88. The lowest BCUT2D eigenvalue weighted by molar-refractivity contribution is -0.384. The number of aliphatic hydroxyl groups is 1. The van der Waals surface area contributed by atoms with Gasteiger partial charge >= 0.3 is 0 Å². The van der Waals surface area contributed by atoms with Crippen LogP contribution in [0, 0.1) is 16.0 Å². The monoisotopic (exact) mass is 601 g/mol. The third-order valence-electron chi connectivity index (χ3n) is 8.27. The molecule has 1 aromatic heterocycles. The zero-order valence-electron chi connectivity index (χ0n) is 24.9. The number of imide groups is 1. The van der Waals surface area contributed by atoms with E-state index in [2.05, 4.69) is 22.7 Å². The minimum atomic E-state index is -0.970. The van der Waals surface area contributed by atoms with Gasteiger partial charge in [0.15, 0.2) is 5.82 Å². The molecule has 44 heavy (non-hydrogen) atoms. The van der Waals surface area contributed by atoms with Gasteiger partial charge in [-0.3, -0.25) is 19.7 Å². The van der Waals surface area contributed by atoms with E-state index in [9.17, 15) is 24.8 Å². The molecule has 2 aliphatic rings. The number of unbranched alkanes of at least 4 members (excludes halogenated alkanes) is 7. The van der Waals surface area contributed by atoms with E-state index in [-0.39, 0.29) is 11.5 Å². The third-order valence-corrected chi connectivity index (χ3v) is 8.27. The molecule has 0 aliphatic carbocycles. The first-order valence-electron chi connectivity index (χ1n) is 15.4. The van der Waals surface area contributed by atoms with Crippen molar-refractivity contribution in [3.8, 4) is 5.69 Å². The Morgan fingerprint density at radius 2 is 1.61 bits per heavy atom. The Bertz CT molecular complexity index is 1460. The Morgan fingerprint density at radius 3 is 2.30 bits per heavy atom. The van der Waals surface area contributed by atoms with Gasteiger partial charge in [-0.1, -0.05) is 93.9 Å². The Labute approximate surface area is 256 Å². The maximum Gasteiger partial charge on any atom is 0.269 e. The predicted octanol–water partition coefficient (Wildman–Crippen LogP) is 5.19. The van der Waals surface area contributed by atoms with Crippen molar-refractivity contribution >= 4 is 29.0 Å². The average Bonchev–Trinajstić information content (AvgIpc) is 3.61. The number of aliphatic hydroxyl groups excluding tert-OH is 1. The van der Waals surface area contributed by atoms with Crippen LogP contribution in [-0.4, -0.2) is 60.0 Å². The first kappa shape index (κ1) is 31.0. The molecule has 2 aliphatic heterocycles. The molecule has 3 heterocycles. The number of carbonyl (C=O) groups is 2. The van der Waals surface area contributed by atoms with Crippen molar-refractivity contribution < 1.29 is 19.6 Å². The molecule has 1 saturated heterocycles. The van der Waals surface area contributed by atoms with Gasteiger partial charge in [-0.05, 0) is 30.7 Å². The SMILES string of the molecule is CCCCCCCCCC[C@H](O)C1C=CC2C(=O)N(c3cn(-c4ccccc4)nn3)C(=O)[C@H]2N1Nc1ccc([N+](=O)[O-])cc1. The molecule has 0 radical (unpaired) electrons. The molecule has 232 valence electrons. The van der Waals surface area contributed by atoms with Crippen molar-refractivity contribution in [3.05, 3.63) is 83.1 Å². The van der Waals surface area contributed by atoms with Crippen LogP contribution < -0.4 is 10.3 Å². The van der Waals surface area contributed by atoms with E-state index in [0.29, 0.717) is 12.1 Å². The maximum atomic E-state index is 14.0. The van der Waals surface area contributed by atoms with Crippen LogP contribution in [0.15, 0.2) is 72.9 Å². The van der Waals surface area contributed by atoms with Gasteiger partial charge in [-0.15, -0.1) is 5.10 Å². The summed E-state index contributed by atoms with van der Waals surface area (Å²) in [5.41, 5.74) is 4.34. The first-order valence-corrected chi connectivity index (χ1v) is 15.4. The number of hydrogen-bond donors (Lipinski definition) is 2. The van der Waals surface area contributed by atoms with Crippen molar-refractivity contribution in [2.75, 3.05) is 10.3 Å². The van der Waals surface area contributed by atoms with Crippen LogP contribution in [0.3, 0.4) is 0 Å². The highest BCUT2D eigenvalue weighted by Gasteiger charge is 2.54. The number of anilines is 2. The first-order chi connectivity index (χ1) is 21.4. The van der Waals surface area contributed by atoms with Gasteiger partial charge in [-0.2, -0.15) is 0 Å². The molecule has 4 atom stereocenters. The van der Waals surface area contributed by atoms with E-state index in [1.165, 1.54) is 67.2 Å². The van der Waals surface area contributed by atoms with Crippen LogP contribution in [0.4, 0.5) is 17.2 Å². The number of hydrazine groups is 1. The number of benzene rings is 2. The summed E-state index contributed by atoms with van der Waals surface area (Å²) >= 11 is 0. The van der Waals surface area contributed by atoms with E-state index < -0.39 is 40.8 Å². The number of rotatable bonds is 15. The summed E-state index contributed by atoms with van der Waals surface area (Å²) in [5, 5.41) is 32.4. The highest BCUT2D eigenvalue weighted by atomic mass is 16.6. The van der Waals surface area contributed by atoms with Crippen LogP contribution in [0.5, 0.6) is 0 Å². The maximum absolute atomic E-state index is 14.0. The van der Waals surface area contributed by atoms with Gasteiger partial charge < -0.3 is 10.5 Å². The summed E-state index contributed by atoms with van der Waals surface area (Å²) in [4.78, 5) is 39.3. The molecule has 2 amide bonds. The Morgan fingerprint density at radius 1 is 0.932 bits per heavy atom. The number of non-ortho nitro benzene ring substituents is 1. The van der Waals surface area contributed by atoms with Crippen molar-refractivity contribution in [2.24, 2.45) is 5.92 Å². The lowest BCUT2D eigenvalue weighted by atomic mass is 9.91. The van der Waals surface area contributed by atoms with E-state index in [4.69, 9.17) is 0 Å². The number of fused-ring (bicyclic) bond motifs is 1. The van der Waals surface area contributed by atoms with Crippen LogP contribution in [0.2, 0.25) is 0 Å². The molecule has 3 aromatic rings. The highest BCUT2D eigenvalue weighted by Crippen LogP contribution is 2.36. The summed E-state index contributed by atoms with van der Waals surface area (Å²) < 4.78 is 1.50. The van der Waals surface area contributed by atoms with Gasteiger partial charge in [0, 0.05) is 17.8 Å². The Hall–Kier alpha value is -4.42. The third kappa shape index (κ3) is 6.87. The normalized spacial score (nSPS) is 20.6. The number of hydrogen-bond acceptors (Lipinski definition) is 9. The van der Waals surface area contributed by atoms with E-state index in [1.54, 1.807) is 17.2 Å². The van der Waals surface area contributed by atoms with Crippen molar-refractivity contribution in [1.82, 2.24) is 20.0 Å². The lowest BCUT2D eigenvalue weighted by Gasteiger charge is -2.40. The summed E-state index contributed by atoms with van der Waals surface area (Å²) in [6, 6.07) is 13.5. The number of para-hydroxylation sites is 1. The topological polar surface area (TPSA) is 147 Å². The van der Waals surface area contributed by atoms with Crippen molar-refractivity contribution in [2.45, 2.75) is 82.9 Å². The average molecular weight is 602 g/mol.